The number of fused-ring (bicyclic) bond motifs is 1. The lowest BCUT2D eigenvalue weighted by atomic mass is 10.2. The number of rotatable bonds is 3. The zero-order chi connectivity index (χ0) is 13.0. The molecule has 0 radical (unpaired) electrons. The van der Waals surface area contributed by atoms with Gasteiger partial charge >= 0.3 is 5.97 Å². The zero-order valence-corrected chi connectivity index (χ0v) is 10.0. The van der Waals surface area contributed by atoms with Gasteiger partial charge in [0.15, 0.2) is 5.82 Å². The van der Waals surface area contributed by atoms with Gasteiger partial charge in [-0.3, -0.25) is 5.43 Å². The van der Waals surface area contributed by atoms with Gasteiger partial charge in [0.2, 0.25) is 0 Å². The Morgan fingerprint density at radius 2 is 2.11 bits per heavy atom. The van der Waals surface area contributed by atoms with Gasteiger partial charge in [-0.1, -0.05) is 12.1 Å². The summed E-state index contributed by atoms with van der Waals surface area (Å²) < 4.78 is 4.55. The van der Waals surface area contributed by atoms with Gasteiger partial charge in [-0.05, 0) is 19.1 Å². The lowest BCUT2D eigenvalue weighted by Crippen LogP contribution is -2.13. The number of para-hydroxylation sites is 1. The van der Waals surface area contributed by atoms with Crippen molar-refractivity contribution in [3.05, 3.63) is 30.6 Å². The first-order chi connectivity index (χ1) is 8.72. The SMILES string of the molecule is COC(=O)C(C)=NNc1ncnc2ccccc12. The minimum Gasteiger partial charge on any atom is -0.464 e. The molecule has 0 bridgehead atoms. The van der Waals surface area contributed by atoms with Gasteiger partial charge in [-0.15, -0.1) is 0 Å². The van der Waals surface area contributed by atoms with Crippen LogP contribution in [0.4, 0.5) is 5.82 Å². The van der Waals surface area contributed by atoms with E-state index in [0.29, 0.717) is 5.82 Å². The lowest BCUT2D eigenvalue weighted by molar-refractivity contribution is -0.132. The monoisotopic (exact) mass is 244 g/mol. The Morgan fingerprint density at radius 1 is 1.33 bits per heavy atom. The number of methoxy groups -OCH3 is 1. The number of benzene rings is 1. The summed E-state index contributed by atoms with van der Waals surface area (Å²) in [5.41, 5.74) is 3.77. The second-order valence-corrected chi connectivity index (χ2v) is 3.54. The molecule has 1 aromatic heterocycles. The summed E-state index contributed by atoms with van der Waals surface area (Å²) in [6, 6.07) is 7.52. The predicted octanol–water partition coefficient (Wildman–Crippen LogP) is 1.59. The molecule has 6 heteroatoms. The molecule has 1 N–H and O–H groups in total. The van der Waals surface area contributed by atoms with Crippen molar-refractivity contribution in [2.75, 3.05) is 12.5 Å². The highest BCUT2D eigenvalue weighted by atomic mass is 16.5. The van der Waals surface area contributed by atoms with Crippen molar-refractivity contribution in [3.63, 3.8) is 0 Å². The van der Waals surface area contributed by atoms with Crippen LogP contribution in [0, 0.1) is 0 Å². The molecule has 92 valence electrons. The standard InChI is InChI=1S/C12H12N4O2/c1-8(12(17)18-2)15-16-11-9-5-3-4-6-10(9)13-7-14-11/h3-7H,1-2H3,(H,13,14,16). The van der Waals surface area contributed by atoms with E-state index >= 15 is 0 Å². The van der Waals surface area contributed by atoms with Crippen molar-refractivity contribution in [2.24, 2.45) is 5.10 Å². The van der Waals surface area contributed by atoms with Crippen LogP contribution in [0.15, 0.2) is 35.7 Å². The van der Waals surface area contributed by atoms with Crippen LogP contribution in [0.25, 0.3) is 10.9 Å². The van der Waals surface area contributed by atoms with E-state index < -0.39 is 5.97 Å². The van der Waals surface area contributed by atoms with E-state index in [9.17, 15) is 4.79 Å². The molecule has 2 aromatic rings. The predicted molar refractivity (Wildman–Crippen MR) is 68.3 cm³/mol. The molecule has 18 heavy (non-hydrogen) atoms. The number of aromatic nitrogens is 2. The first-order valence-corrected chi connectivity index (χ1v) is 5.30. The third kappa shape index (κ3) is 2.42. The topological polar surface area (TPSA) is 76.5 Å². The van der Waals surface area contributed by atoms with Crippen molar-refractivity contribution in [1.29, 1.82) is 0 Å². The molecule has 0 amide bonds. The first-order valence-electron chi connectivity index (χ1n) is 5.30. The summed E-state index contributed by atoms with van der Waals surface area (Å²) in [5, 5.41) is 4.75. The number of anilines is 1. The van der Waals surface area contributed by atoms with Crippen LogP contribution in [-0.4, -0.2) is 28.8 Å². The maximum absolute atomic E-state index is 11.2. The van der Waals surface area contributed by atoms with Gasteiger partial charge in [0.25, 0.3) is 0 Å². The molecule has 0 saturated carbocycles. The Labute approximate surface area is 104 Å². The Hall–Kier alpha value is -2.50. The van der Waals surface area contributed by atoms with Crippen molar-refractivity contribution < 1.29 is 9.53 Å². The Kier molecular flexibility index (Phi) is 3.47. The second kappa shape index (κ2) is 5.22. The fraction of sp³-hybridized carbons (Fsp3) is 0.167. The largest absolute Gasteiger partial charge is 0.464 e. The minimum atomic E-state index is -0.485. The molecule has 0 unspecified atom stereocenters. The van der Waals surface area contributed by atoms with E-state index in [1.165, 1.54) is 13.4 Å². The van der Waals surface area contributed by atoms with Gasteiger partial charge in [0, 0.05) is 5.39 Å². The van der Waals surface area contributed by atoms with Crippen LogP contribution in [0.1, 0.15) is 6.92 Å². The van der Waals surface area contributed by atoms with Gasteiger partial charge in [-0.2, -0.15) is 5.10 Å². The Bertz CT molecular complexity index is 605. The van der Waals surface area contributed by atoms with Gasteiger partial charge in [0.05, 0.1) is 12.6 Å². The molecule has 0 fully saturated rings. The smallest absolute Gasteiger partial charge is 0.353 e. The third-order valence-corrected chi connectivity index (χ3v) is 2.35. The normalized spacial score (nSPS) is 11.3. The highest BCUT2D eigenvalue weighted by Crippen LogP contribution is 2.18. The van der Waals surface area contributed by atoms with Crippen LogP contribution in [-0.2, 0) is 9.53 Å². The summed E-state index contributed by atoms with van der Waals surface area (Å²) in [7, 11) is 1.31. The summed E-state index contributed by atoms with van der Waals surface area (Å²) >= 11 is 0. The minimum absolute atomic E-state index is 0.222. The fourth-order valence-corrected chi connectivity index (χ4v) is 1.42. The summed E-state index contributed by atoms with van der Waals surface area (Å²) in [5.74, 6) is 0.0599. The summed E-state index contributed by atoms with van der Waals surface area (Å²) in [4.78, 5) is 19.4. The first kappa shape index (κ1) is 12.0. The van der Waals surface area contributed by atoms with E-state index in [4.69, 9.17) is 0 Å². The number of hydrogen-bond donors (Lipinski definition) is 1. The van der Waals surface area contributed by atoms with Crippen LogP contribution in [0.3, 0.4) is 0 Å². The van der Waals surface area contributed by atoms with E-state index in [0.717, 1.165) is 10.9 Å². The zero-order valence-electron chi connectivity index (χ0n) is 10.0. The van der Waals surface area contributed by atoms with E-state index in [-0.39, 0.29) is 5.71 Å². The molecule has 0 atom stereocenters. The highest BCUT2D eigenvalue weighted by Gasteiger charge is 2.06. The highest BCUT2D eigenvalue weighted by molar-refractivity contribution is 6.35. The van der Waals surface area contributed by atoms with Crippen LogP contribution < -0.4 is 5.43 Å². The van der Waals surface area contributed by atoms with E-state index in [1.54, 1.807) is 6.92 Å². The number of esters is 1. The molecule has 0 aliphatic carbocycles. The molecular weight excluding hydrogens is 232 g/mol. The molecule has 0 aliphatic rings. The lowest BCUT2D eigenvalue weighted by Gasteiger charge is -2.04. The van der Waals surface area contributed by atoms with E-state index in [2.05, 4.69) is 25.2 Å². The number of hydrogen-bond acceptors (Lipinski definition) is 6. The molecule has 0 spiro atoms. The van der Waals surface area contributed by atoms with Crippen molar-refractivity contribution in [3.8, 4) is 0 Å². The number of carbonyl (C=O) groups excluding carboxylic acids is 1. The van der Waals surface area contributed by atoms with Gasteiger partial charge in [0.1, 0.15) is 12.0 Å². The number of nitrogens with zero attached hydrogens (tertiary/aromatic N) is 3. The fourth-order valence-electron chi connectivity index (χ4n) is 1.42. The number of ether oxygens (including phenoxy) is 1. The molecular formula is C12H12N4O2. The average molecular weight is 244 g/mol. The van der Waals surface area contributed by atoms with Gasteiger partial charge < -0.3 is 4.74 Å². The van der Waals surface area contributed by atoms with E-state index in [1.807, 2.05) is 24.3 Å². The molecule has 2 rings (SSSR count). The third-order valence-electron chi connectivity index (χ3n) is 2.35. The van der Waals surface area contributed by atoms with Gasteiger partial charge in [-0.25, -0.2) is 14.8 Å². The van der Waals surface area contributed by atoms with Crippen LogP contribution in [0.5, 0.6) is 0 Å². The Balaban J connectivity index is 2.30. The van der Waals surface area contributed by atoms with Crippen LogP contribution >= 0.6 is 0 Å². The molecule has 0 saturated heterocycles. The quantitative estimate of drug-likeness (QED) is 0.504. The van der Waals surface area contributed by atoms with Crippen molar-refractivity contribution in [1.82, 2.24) is 9.97 Å². The molecule has 1 aromatic carbocycles. The molecule has 0 aliphatic heterocycles. The maximum Gasteiger partial charge on any atom is 0.353 e. The second-order valence-electron chi connectivity index (χ2n) is 3.54. The summed E-state index contributed by atoms with van der Waals surface area (Å²) in [6.07, 6.45) is 1.44. The summed E-state index contributed by atoms with van der Waals surface area (Å²) in [6.45, 7) is 1.56. The van der Waals surface area contributed by atoms with Crippen LogP contribution in [0.2, 0.25) is 0 Å². The molecule has 6 nitrogen and oxygen atoms in total. The molecule has 1 heterocycles. The van der Waals surface area contributed by atoms with Crippen molar-refractivity contribution >= 4 is 28.4 Å². The van der Waals surface area contributed by atoms with Crippen molar-refractivity contribution in [2.45, 2.75) is 6.92 Å². The number of hydrazone groups is 1. The Morgan fingerprint density at radius 3 is 2.89 bits per heavy atom. The maximum atomic E-state index is 11.2. The number of carbonyl (C=O) groups is 1. The average Bonchev–Trinajstić information content (AvgIpc) is 2.43. The number of nitrogens with one attached hydrogen (secondary N) is 1.